The first kappa shape index (κ1) is 14.9. The molecule has 0 unspecified atom stereocenters. The van der Waals surface area contributed by atoms with Crippen molar-refractivity contribution in [1.82, 2.24) is 14.9 Å². The number of hydrogen-bond donors (Lipinski definition) is 2. The van der Waals surface area contributed by atoms with Gasteiger partial charge in [0.1, 0.15) is 4.70 Å². The summed E-state index contributed by atoms with van der Waals surface area (Å²) in [4.78, 5) is 26.9. The third kappa shape index (κ3) is 3.34. The van der Waals surface area contributed by atoms with E-state index in [-0.39, 0.29) is 17.9 Å². The van der Waals surface area contributed by atoms with Crippen LogP contribution in [0.1, 0.15) is 20.3 Å². The van der Waals surface area contributed by atoms with Gasteiger partial charge in [-0.3, -0.25) is 14.2 Å². The van der Waals surface area contributed by atoms with Gasteiger partial charge in [0.15, 0.2) is 4.77 Å². The van der Waals surface area contributed by atoms with E-state index in [1.807, 2.05) is 25.3 Å². The lowest BCUT2D eigenvalue weighted by Gasteiger charge is -2.09. The highest BCUT2D eigenvalue weighted by molar-refractivity contribution is 7.71. The molecular formula is C13H17N3O2S2. The van der Waals surface area contributed by atoms with Crippen LogP contribution >= 0.6 is 23.6 Å². The Bertz CT molecular complexity index is 727. The average molecular weight is 311 g/mol. The van der Waals surface area contributed by atoms with E-state index in [1.165, 1.54) is 15.9 Å². The summed E-state index contributed by atoms with van der Waals surface area (Å²) >= 11 is 6.55. The van der Waals surface area contributed by atoms with E-state index < -0.39 is 0 Å². The molecule has 0 aliphatic heterocycles. The van der Waals surface area contributed by atoms with Crippen molar-refractivity contribution in [3.63, 3.8) is 0 Å². The third-order valence-electron chi connectivity index (χ3n) is 2.86. The molecule has 0 aliphatic carbocycles. The normalized spacial score (nSPS) is 11.2. The van der Waals surface area contributed by atoms with Gasteiger partial charge in [-0.2, -0.15) is 0 Å². The number of nitrogens with zero attached hydrogens (tertiary/aromatic N) is 1. The van der Waals surface area contributed by atoms with Gasteiger partial charge in [0.2, 0.25) is 5.91 Å². The van der Waals surface area contributed by atoms with Crippen molar-refractivity contribution >= 4 is 39.7 Å². The second-order valence-electron chi connectivity index (χ2n) is 5.00. The number of aromatic nitrogens is 2. The van der Waals surface area contributed by atoms with Crippen molar-refractivity contribution in [3.05, 3.63) is 26.6 Å². The molecule has 2 rings (SSSR count). The van der Waals surface area contributed by atoms with Gasteiger partial charge in [-0.05, 0) is 29.6 Å². The van der Waals surface area contributed by atoms with Crippen molar-refractivity contribution < 1.29 is 4.79 Å². The van der Waals surface area contributed by atoms with Crippen LogP contribution in [-0.2, 0) is 11.3 Å². The number of fused-ring (bicyclic) bond motifs is 1. The Kier molecular flexibility index (Phi) is 4.72. The molecule has 0 aromatic carbocycles. The molecule has 0 saturated carbocycles. The summed E-state index contributed by atoms with van der Waals surface area (Å²) < 4.78 is 2.45. The number of H-pyrrole nitrogens is 1. The van der Waals surface area contributed by atoms with Gasteiger partial charge >= 0.3 is 0 Å². The molecule has 2 aromatic heterocycles. The van der Waals surface area contributed by atoms with E-state index in [0.717, 1.165) is 5.52 Å². The van der Waals surface area contributed by atoms with Gasteiger partial charge in [0.05, 0.1) is 5.52 Å². The minimum atomic E-state index is -0.129. The van der Waals surface area contributed by atoms with Gasteiger partial charge in [0.25, 0.3) is 5.56 Å². The Labute approximate surface area is 125 Å². The lowest BCUT2D eigenvalue weighted by molar-refractivity contribution is -0.121. The number of rotatable bonds is 5. The summed E-state index contributed by atoms with van der Waals surface area (Å²) in [6, 6.07) is 1.83. The number of carbonyl (C=O) groups is 1. The minimum Gasteiger partial charge on any atom is -0.356 e. The first-order valence-electron chi connectivity index (χ1n) is 6.46. The SMILES string of the molecule is CC(C)CNC(=O)CCn1c(=S)[nH]c2ccsc2c1=O. The number of nitrogens with one attached hydrogen (secondary N) is 2. The van der Waals surface area contributed by atoms with E-state index in [4.69, 9.17) is 12.2 Å². The number of aromatic amines is 1. The van der Waals surface area contributed by atoms with Crippen LogP contribution in [-0.4, -0.2) is 22.0 Å². The molecule has 2 N–H and O–H groups in total. The smallest absolute Gasteiger partial charge is 0.272 e. The Balaban J connectivity index is 2.12. The summed E-state index contributed by atoms with van der Waals surface area (Å²) in [5, 5.41) is 4.67. The molecule has 0 aliphatic rings. The molecule has 7 heteroatoms. The zero-order chi connectivity index (χ0) is 14.7. The molecule has 2 heterocycles. The summed E-state index contributed by atoms with van der Waals surface area (Å²) in [5.74, 6) is 0.346. The molecule has 20 heavy (non-hydrogen) atoms. The maximum atomic E-state index is 12.2. The van der Waals surface area contributed by atoms with Crippen LogP contribution in [0.2, 0.25) is 0 Å². The van der Waals surface area contributed by atoms with E-state index in [9.17, 15) is 9.59 Å². The van der Waals surface area contributed by atoms with Crippen molar-refractivity contribution in [2.24, 2.45) is 5.92 Å². The van der Waals surface area contributed by atoms with Crippen LogP contribution in [0, 0.1) is 10.7 Å². The Morgan fingerprint density at radius 2 is 2.30 bits per heavy atom. The predicted molar refractivity (Wildman–Crippen MR) is 83.7 cm³/mol. The van der Waals surface area contributed by atoms with E-state index in [2.05, 4.69) is 10.3 Å². The molecule has 108 valence electrons. The maximum Gasteiger partial charge on any atom is 0.272 e. The fraction of sp³-hybridized carbons (Fsp3) is 0.462. The first-order valence-corrected chi connectivity index (χ1v) is 7.75. The van der Waals surface area contributed by atoms with Gasteiger partial charge in [-0.1, -0.05) is 13.8 Å². The summed E-state index contributed by atoms with van der Waals surface area (Å²) in [5.41, 5.74) is 0.626. The predicted octanol–water partition coefficient (Wildman–Crippen LogP) is 2.28. The molecule has 0 saturated heterocycles. The quantitative estimate of drug-likeness (QED) is 0.833. The van der Waals surface area contributed by atoms with Crippen LogP contribution < -0.4 is 10.9 Å². The minimum absolute atomic E-state index is 0.0636. The highest BCUT2D eigenvalue weighted by Gasteiger charge is 2.09. The molecule has 0 atom stereocenters. The molecule has 1 amide bonds. The van der Waals surface area contributed by atoms with E-state index >= 15 is 0 Å². The lowest BCUT2D eigenvalue weighted by atomic mass is 10.2. The molecule has 2 aromatic rings. The van der Waals surface area contributed by atoms with E-state index in [1.54, 1.807) is 0 Å². The monoisotopic (exact) mass is 311 g/mol. The van der Waals surface area contributed by atoms with Gasteiger partial charge in [-0.15, -0.1) is 11.3 Å². The highest BCUT2D eigenvalue weighted by atomic mass is 32.1. The van der Waals surface area contributed by atoms with Crippen LogP contribution in [0.15, 0.2) is 16.2 Å². The van der Waals surface area contributed by atoms with Crippen LogP contribution in [0.4, 0.5) is 0 Å². The molecule has 0 radical (unpaired) electrons. The second-order valence-corrected chi connectivity index (χ2v) is 6.30. The number of carbonyl (C=O) groups excluding carboxylic acids is 1. The Morgan fingerprint density at radius 3 is 3.00 bits per heavy atom. The summed E-state index contributed by atoms with van der Waals surface area (Å²) in [6.45, 7) is 5.01. The average Bonchev–Trinajstić information content (AvgIpc) is 2.84. The van der Waals surface area contributed by atoms with Crippen molar-refractivity contribution in [2.45, 2.75) is 26.8 Å². The summed E-state index contributed by atoms with van der Waals surface area (Å²) in [7, 11) is 0. The number of thiophene rings is 1. The lowest BCUT2D eigenvalue weighted by Crippen LogP contribution is -2.30. The van der Waals surface area contributed by atoms with Crippen LogP contribution in [0.3, 0.4) is 0 Å². The molecule has 0 fully saturated rings. The fourth-order valence-electron chi connectivity index (χ4n) is 1.79. The molecule has 0 bridgehead atoms. The topological polar surface area (TPSA) is 66.9 Å². The Hall–Kier alpha value is -1.47. The van der Waals surface area contributed by atoms with Gasteiger partial charge in [-0.25, -0.2) is 0 Å². The van der Waals surface area contributed by atoms with Crippen molar-refractivity contribution in [1.29, 1.82) is 0 Å². The molecule has 0 spiro atoms. The van der Waals surface area contributed by atoms with Crippen LogP contribution in [0.25, 0.3) is 10.2 Å². The fourth-order valence-corrected chi connectivity index (χ4v) is 2.88. The van der Waals surface area contributed by atoms with Crippen LogP contribution in [0.5, 0.6) is 0 Å². The molecular weight excluding hydrogens is 294 g/mol. The maximum absolute atomic E-state index is 12.2. The highest BCUT2D eigenvalue weighted by Crippen LogP contribution is 2.13. The van der Waals surface area contributed by atoms with Crippen molar-refractivity contribution in [2.75, 3.05) is 6.54 Å². The standard InChI is InChI=1S/C13H17N3O2S2/c1-8(2)7-14-10(17)3-5-16-12(18)11-9(4-6-20-11)15-13(16)19/h4,6,8H,3,5,7H2,1-2H3,(H,14,17)(H,15,19). The Morgan fingerprint density at radius 1 is 1.55 bits per heavy atom. The van der Waals surface area contributed by atoms with Gasteiger partial charge < -0.3 is 10.3 Å². The number of hydrogen-bond acceptors (Lipinski definition) is 4. The van der Waals surface area contributed by atoms with E-state index in [0.29, 0.717) is 28.5 Å². The zero-order valence-corrected chi connectivity index (χ0v) is 13.1. The van der Waals surface area contributed by atoms with Gasteiger partial charge in [0, 0.05) is 19.5 Å². The largest absolute Gasteiger partial charge is 0.356 e. The second kappa shape index (κ2) is 6.32. The third-order valence-corrected chi connectivity index (χ3v) is 4.09. The van der Waals surface area contributed by atoms with Crippen molar-refractivity contribution in [3.8, 4) is 0 Å². The zero-order valence-electron chi connectivity index (χ0n) is 11.4. The summed E-state index contributed by atoms with van der Waals surface area (Å²) in [6.07, 6.45) is 0.251. The first-order chi connectivity index (χ1) is 9.49. The number of amides is 1. The molecule has 5 nitrogen and oxygen atoms in total.